The first kappa shape index (κ1) is 15.9. The van der Waals surface area contributed by atoms with Crippen LogP contribution in [0.4, 0.5) is 5.82 Å². The molecule has 9 heteroatoms. The van der Waals surface area contributed by atoms with E-state index in [0.29, 0.717) is 37.7 Å². The lowest BCUT2D eigenvalue weighted by atomic mass is 10.4. The van der Waals surface area contributed by atoms with E-state index < -0.39 is 0 Å². The van der Waals surface area contributed by atoms with Gasteiger partial charge in [-0.25, -0.2) is 14.6 Å². The lowest BCUT2D eigenvalue weighted by molar-refractivity contribution is 0.0924. The monoisotopic (exact) mass is 330 g/mol. The van der Waals surface area contributed by atoms with Crippen molar-refractivity contribution in [2.75, 3.05) is 32.1 Å². The Morgan fingerprint density at radius 3 is 3.08 bits per heavy atom. The summed E-state index contributed by atoms with van der Waals surface area (Å²) in [4.78, 5) is 20.3. The topological polar surface area (TPSA) is 107 Å². The minimum atomic E-state index is -0.256. The van der Waals surface area contributed by atoms with Gasteiger partial charge in [-0.05, 0) is 12.1 Å². The maximum Gasteiger partial charge on any atom is 0.287 e. The highest BCUT2D eigenvalue weighted by molar-refractivity contribution is 5.91. The molecule has 0 saturated carbocycles. The standard InChI is InChI=1S/C15H18N6O3/c1-23-8-5-16-13-11-9-20-21(14(11)19-10-18-13)6-4-17-15(22)12-3-2-7-24-12/h2-3,7,9-10H,4-6,8H2,1H3,(H,17,22)(H,16,18,19). The zero-order valence-corrected chi connectivity index (χ0v) is 13.2. The first-order valence-electron chi connectivity index (χ1n) is 7.50. The number of aromatic nitrogens is 4. The Balaban J connectivity index is 1.63. The van der Waals surface area contributed by atoms with Gasteiger partial charge in [0, 0.05) is 20.2 Å². The van der Waals surface area contributed by atoms with Crippen LogP contribution in [0, 0.1) is 0 Å². The summed E-state index contributed by atoms with van der Waals surface area (Å²) in [6, 6.07) is 3.29. The van der Waals surface area contributed by atoms with Crippen LogP contribution < -0.4 is 10.6 Å². The van der Waals surface area contributed by atoms with Crippen molar-refractivity contribution in [3.8, 4) is 0 Å². The average molecular weight is 330 g/mol. The number of ether oxygens (including phenoxy) is 1. The molecule has 3 rings (SSSR count). The molecule has 0 aliphatic heterocycles. The average Bonchev–Trinajstić information content (AvgIpc) is 3.25. The summed E-state index contributed by atoms with van der Waals surface area (Å²) in [5.74, 6) is 0.739. The predicted molar refractivity (Wildman–Crippen MR) is 86.7 cm³/mol. The van der Waals surface area contributed by atoms with Gasteiger partial charge in [0.15, 0.2) is 11.4 Å². The third-order valence-corrected chi connectivity index (χ3v) is 3.39. The quantitative estimate of drug-likeness (QED) is 0.591. The fourth-order valence-corrected chi connectivity index (χ4v) is 2.24. The molecule has 0 spiro atoms. The van der Waals surface area contributed by atoms with Crippen LogP contribution in [0.5, 0.6) is 0 Å². The predicted octanol–water partition coefficient (Wildman–Crippen LogP) is 0.908. The van der Waals surface area contributed by atoms with Crippen LogP contribution in [0.15, 0.2) is 35.3 Å². The van der Waals surface area contributed by atoms with Gasteiger partial charge in [0.2, 0.25) is 0 Å². The Kier molecular flexibility index (Phi) is 5.02. The molecule has 0 atom stereocenters. The number of anilines is 1. The van der Waals surface area contributed by atoms with Gasteiger partial charge in [-0.3, -0.25) is 4.79 Å². The highest BCUT2D eigenvalue weighted by atomic mass is 16.5. The molecule has 1 amide bonds. The van der Waals surface area contributed by atoms with E-state index in [4.69, 9.17) is 9.15 Å². The van der Waals surface area contributed by atoms with E-state index in [1.807, 2.05) is 0 Å². The van der Waals surface area contributed by atoms with Crippen LogP contribution in [0.2, 0.25) is 0 Å². The molecule has 0 unspecified atom stereocenters. The Labute approximate surface area is 138 Å². The second-order valence-electron chi connectivity index (χ2n) is 4.98. The van der Waals surface area contributed by atoms with Crippen molar-refractivity contribution in [3.63, 3.8) is 0 Å². The van der Waals surface area contributed by atoms with Crippen molar-refractivity contribution < 1.29 is 13.9 Å². The van der Waals surface area contributed by atoms with Crippen LogP contribution >= 0.6 is 0 Å². The minimum Gasteiger partial charge on any atom is -0.459 e. The summed E-state index contributed by atoms with van der Waals surface area (Å²) in [6.07, 6.45) is 4.65. The number of methoxy groups -OCH3 is 1. The number of hydrogen-bond acceptors (Lipinski definition) is 7. The van der Waals surface area contributed by atoms with Crippen molar-refractivity contribution in [2.45, 2.75) is 6.54 Å². The Morgan fingerprint density at radius 1 is 1.38 bits per heavy atom. The van der Waals surface area contributed by atoms with Crippen LogP contribution in [0.3, 0.4) is 0 Å². The fraction of sp³-hybridized carbons (Fsp3) is 0.333. The molecule has 0 saturated heterocycles. The molecule has 0 bridgehead atoms. The lowest BCUT2D eigenvalue weighted by Crippen LogP contribution is -2.27. The van der Waals surface area contributed by atoms with Gasteiger partial charge in [-0.15, -0.1) is 0 Å². The first-order valence-corrected chi connectivity index (χ1v) is 7.50. The third kappa shape index (κ3) is 3.51. The Bertz CT molecular complexity index is 799. The smallest absolute Gasteiger partial charge is 0.287 e. The van der Waals surface area contributed by atoms with Crippen LogP contribution in [0.25, 0.3) is 11.0 Å². The Hall–Kier alpha value is -2.94. The zero-order chi connectivity index (χ0) is 16.8. The van der Waals surface area contributed by atoms with E-state index in [-0.39, 0.29) is 11.7 Å². The maximum atomic E-state index is 11.8. The highest BCUT2D eigenvalue weighted by Gasteiger charge is 2.11. The summed E-state index contributed by atoms with van der Waals surface area (Å²) < 4.78 is 11.8. The van der Waals surface area contributed by atoms with Crippen molar-refractivity contribution in [3.05, 3.63) is 36.7 Å². The second kappa shape index (κ2) is 7.55. The number of hydrogen-bond donors (Lipinski definition) is 2. The molecule has 0 radical (unpaired) electrons. The van der Waals surface area contributed by atoms with E-state index in [9.17, 15) is 4.79 Å². The molecule has 3 aromatic heterocycles. The summed E-state index contributed by atoms with van der Waals surface area (Å²) in [7, 11) is 1.65. The van der Waals surface area contributed by atoms with E-state index in [1.54, 1.807) is 30.1 Å². The molecule has 126 valence electrons. The number of rotatable bonds is 8. The van der Waals surface area contributed by atoms with Crippen molar-refractivity contribution in [1.29, 1.82) is 0 Å². The number of furan rings is 1. The van der Waals surface area contributed by atoms with Crippen molar-refractivity contribution in [2.24, 2.45) is 0 Å². The summed E-state index contributed by atoms with van der Waals surface area (Å²) in [5.41, 5.74) is 0.706. The van der Waals surface area contributed by atoms with E-state index >= 15 is 0 Å². The largest absolute Gasteiger partial charge is 0.459 e. The molecule has 0 aliphatic carbocycles. The van der Waals surface area contributed by atoms with E-state index in [2.05, 4.69) is 25.7 Å². The molecule has 2 N–H and O–H groups in total. The summed E-state index contributed by atoms with van der Waals surface area (Å²) in [5, 5.41) is 11.1. The molecule has 3 heterocycles. The van der Waals surface area contributed by atoms with Gasteiger partial charge in [-0.1, -0.05) is 0 Å². The number of amides is 1. The van der Waals surface area contributed by atoms with Crippen LogP contribution in [0.1, 0.15) is 10.6 Å². The fourth-order valence-electron chi connectivity index (χ4n) is 2.24. The highest BCUT2D eigenvalue weighted by Crippen LogP contribution is 2.18. The number of carbonyl (C=O) groups excluding carboxylic acids is 1. The summed E-state index contributed by atoms with van der Waals surface area (Å²) in [6.45, 7) is 2.13. The number of nitrogens with one attached hydrogen (secondary N) is 2. The van der Waals surface area contributed by atoms with Gasteiger partial charge >= 0.3 is 0 Å². The molecule has 0 aromatic carbocycles. The third-order valence-electron chi connectivity index (χ3n) is 3.39. The summed E-state index contributed by atoms with van der Waals surface area (Å²) >= 11 is 0. The zero-order valence-electron chi connectivity index (χ0n) is 13.2. The number of carbonyl (C=O) groups is 1. The Morgan fingerprint density at radius 2 is 2.29 bits per heavy atom. The van der Waals surface area contributed by atoms with Crippen LogP contribution in [-0.4, -0.2) is 52.5 Å². The van der Waals surface area contributed by atoms with Crippen molar-refractivity contribution in [1.82, 2.24) is 25.1 Å². The first-order chi connectivity index (χ1) is 11.8. The molecular weight excluding hydrogens is 312 g/mol. The van der Waals surface area contributed by atoms with Crippen molar-refractivity contribution >= 4 is 22.8 Å². The molecule has 24 heavy (non-hydrogen) atoms. The second-order valence-corrected chi connectivity index (χ2v) is 4.98. The van der Waals surface area contributed by atoms with Gasteiger partial charge in [-0.2, -0.15) is 5.10 Å². The lowest BCUT2D eigenvalue weighted by Gasteiger charge is -2.07. The van der Waals surface area contributed by atoms with Gasteiger partial charge in [0.1, 0.15) is 12.1 Å². The maximum absolute atomic E-state index is 11.8. The van der Waals surface area contributed by atoms with Gasteiger partial charge < -0.3 is 19.8 Å². The normalized spacial score (nSPS) is 10.9. The molecule has 3 aromatic rings. The number of nitrogens with zero attached hydrogens (tertiary/aromatic N) is 4. The van der Waals surface area contributed by atoms with Gasteiger partial charge in [0.05, 0.1) is 31.0 Å². The van der Waals surface area contributed by atoms with E-state index in [0.717, 1.165) is 5.39 Å². The van der Waals surface area contributed by atoms with Crippen LogP contribution in [-0.2, 0) is 11.3 Å². The van der Waals surface area contributed by atoms with E-state index in [1.165, 1.54) is 12.6 Å². The number of fused-ring (bicyclic) bond motifs is 1. The molecule has 9 nitrogen and oxygen atoms in total. The molecular formula is C15H18N6O3. The SMILES string of the molecule is COCCNc1ncnc2c1cnn2CCNC(=O)c1ccco1. The molecule has 0 aliphatic rings. The van der Waals surface area contributed by atoms with Gasteiger partial charge in [0.25, 0.3) is 5.91 Å². The minimum absolute atomic E-state index is 0.256. The molecule has 0 fully saturated rings.